The van der Waals surface area contributed by atoms with E-state index in [1.807, 2.05) is 10.9 Å². The first-order valence-electron chi connectivity index (χ1n) is 7.10. The summed E-state index contributed by atoms with van der Waals surface area (Å²) < 4.78 is 5.59. The molecule has 2 atom stereocenters. The number of aromatic nitrogens is 1. The van der Waals surface area contributed by atoms with Gasteiger partial charge in [0.15, 0.2) is 0 Å². The number of carbonyl (C=O) groups is 1. The van der Waals surface area contributed by atoms with Crippen LogP contribution < -0.4 is 5.32 Å². The second-order valence-electron chi connectivity index (χ2n) is 5.15. The first-order chi connectivity index (χ1) is 9.74. The molecule has 2 rings (SSSR count). The molecule has 0 aliphatic carbocycles. The first-order valence-corrected chi connectivity index (χ1v) is 9.19. The van der Waals surface area contributed by atoms with E-state index < -0.39 is 0 Å². The zero-order chi connectivity index (χ0) is 14.2. The Morgan fingerprint density at radius 1 is 1.70 bits per heavy atom. The Labute approximate surface area is 128 Å². The highest BCUT2D eigenvalue weighted by molar-refractivity contribution is 7.99. The molecule has 0 spiro atoms. The number of rotatable bonds is 8. The molecular weight excluding hydrogens is 292 g/mol. The maximum atomic E-state index is 11.8. The van der Waals surface area contributed by atoms with Crippen molar-refractivity contribution in [2.45, 2.75) is 50.5 Å². The lowest BCUT2D eigenvalue weighted by molar-refractivity contribution is -0.119. The van der Waals surface area contributed by atoms with E-state index in [0.717, 1.165) is 30.9 Å². The smallest absolute Gasteiger partial charge is 0.230 e. The Bertz CT molecular complexity index is 392. The third kappa shape index (κ3) is 5.81. The molecular formula is C14H22N2O2S2. The normalized spacial score (nSPS) is 19.9. The largest absolute Gasteiger partial charge is 0.378 e. The van der Waals surface area contributed by atoms with Gasteiger partial charge in [0, 0.05) is 23.8 Å². The molecule has 1 aromatic rings. The van der Waals surface area contributed by atoms with Gasteiger partial charge < -0.3 is 10.1 Å². The molecule has 4 nitrogen and oxygen atoms in total. The van der Waals surface area contributed by atoms with E-state index >= 15 is 0 Å². The van der Waals surface area contributed by atoms with Gasteiger partial charge in [-0.2, -0.15) is 0 Å². The summed E-state index contributed by atoms with van der Waals surface area (Å²) in [6.45, 7) is 2.97. The van der Waals surface area contributed by atoms with Crippen LogP contribution in [0.5, 0.6) is 0 Å². The predicted molar refractivity (Wildman–Crippen MR) is 84.1 cm³/mol. The zero-order valence-corrected chi connectivity index (χ0v) is 13.5. The monoisotopic (exact) mass is 314 g/mol. The van der Waals surface area contributed by atoms with E-state index in [4.69, 9.17) is 4.74 Å². The minimum atomic E-state index is 0.116. The minimum Gasteiger partial charge on any atom is -0.378 e. The highest BCUT2D eigenvalue weighted by Gasteiger charge is 2.17. The van der Waals surface area contributed by atoms with Crippen molar-refractivity contribution in [3.8, 4) is 0 Å². The lowest BCUT2D eigenvalue weighted by Gasteiger charge is -2.16. The van der Waals surface area contributed by atoms with Crippen LogP contribution in [0.3, 0.4) is 0 Å². The molecule has 1 fully saturated rings. The lowest BCUT2D eigenvalue weighted by Crippen LogP contribution is -2.34. The van der Waals surface area contributed by atoms with Crippen LogP contribution in [0.25, 0.3) is 0 Å². The van der Waals surface area contributed by atoms with E-state index in [1.165, 1.54) is 12.8 Å². The summed E-state index contributed by atoms with van der Waals surface area (Å²) in [5.41, 5.74) is 2.88. The van der Waals surface area contributed by atoms with Crippen LogP contribution in [0, 0.1) is 0 Å². The number of hydrogen-bond donors (Lipinski definition) is 1. The van der Waals surface area contributed by atoms with Crippen LogP contribution in [-0.2, 0) is 15.3 Å². The SMILES string of the molecule is C[C@@H](CC[C@@H]1CCCO1)NC(=O)CSCc1cscn1. The zero-order valence-electron chi connectivity index (χ0n) is 11.8. The van der Waals surface area contributed by atoms with E-state index in [2.05, 4.69) is 17.2 Å². The molecule has 1 amide bonds. The number of ether oxygens (including phenoxy) is 1. The van der Waals surface area contributed by atoms with Crippen LogP contribution in [0.15, 0.2) is 10.9 Å². The second-order valence-corrected chi connectivity index (χ2v) is 6.86. The fourth-order valence-corrected chi connectivity index (χ4v) is 3.66. The number of hydrogen-bond acceptors (Lipinski definition) is 5. The van der Waals surface area contributed by atoms with E-state index in [9.17, 15) is 4.79 Å². The molecule has 1 saturated heterocycles. The van der Waals surface area contributed by atoms with E-state index in [1.54, 1.807) is 23.1 Å². The van der Waals surface area contributed by atoms with Crippen molar-refractivity contribution in [2.24, 2.45) is 0 Å². The Morgan fingerprint density at radius 3 is 3.30 bits per heavy atom. The molecule has 0 unspecified atom stereocenters. The summed E-state index contributed by atoms with van der Waals surface area (Å²) in [6.07, 6.45) is 4.80. The molecule has 6 heteroatoms. The average Bonchev–Trinajstić information content (AvgIpc) is 3.09. The Balaban J connectivity index is 1.53. The fraction of sp³-hybridized carbons (Fsp3) is 0.714. The molecule has 1 aliphatic rings. The predicted octanol–water partition coefficient (Wildman–Crippen LogP) is 2.84. The van der Waals surface area contributed by atoms with Crippen LogP contribution in [-0.4, -0.2) is 35.4 Å². The molecule has 0 radical (unpaired) electrons. The van der Waals surface area contributed by atoms with E-state index in [0.29, 0.717) is 11.9 Å². The number of nitrogens with zero attached hydrogens (tertiary/aromatic N) is 1. The van der Waals surface area contributed by atoms with Crippen molar-refractivity contribution in [2.75, 3.05) is 12.4 Å². The van der Waals surface area contributed by atoms with E-state index in [-0.39, 0.29) is 11.9 Å². The quantitative estimate of drug-likeness (QED) is 0.801. The molecule has 0 aromatic carbocycles. The summed E-state index contributed by atoms with van der Waals surface area (Å²) >= 11 is 3.20. The molecule has 1 N–H and O–H groups in total. The number of carbonyl (C=O) groups excluding carboxylic acids is 1. The van der Waals surface area contributed by atoms with Gasteiger partial charge in [-0.1, -0.05) is 0 Å². The third-order valence-corrected chi connectivity index (χ3v) is 4.92. The summed E-state index contributed by atoms with van der Waals surface area (Å²) in [6, 6.07) is 0.228. The van der Waals surface area contributed by atoms with Gasteiger partial charge in [-0.15, -0.1) is 23.1 Å². The van der Waals surface area contributed by atoms with Crippen molar-refractivity contribution in [1.29, 1.82) is 0 Å². The Morgan fingerprint density at radius 2 is 2.60 bits per heavy atom. The van der Waals surface area contributed by atoms with Gasteiger partial charge >= 0.3 is 0 Å². The van der Waals surface area contributed by atoms with Crippen molar-refractivity contribution < 1.29 is 9.53 Å². The molecule has 112 valence electrons. The third-order valence-electron chi connectivity index (χ3n) is 3.32. The maximum absolute atomic E-state index is 11.8. The highest BCUT2D eigenvalue weighted by Crippen LogP contribution is 2.17. The van der Waals surface area contributed by atoms with Crippen molar-refractivity contribution in [1.82, 2.24) is 10.3 Å². The van der Waals surface area contributed by atoms with Crippen LogP contribution in [0.2, 0.25) is 0 Å². The highest BCUT2D eigenvalue weighted by atomic mass is 32.2. The number of thiazole rings is 1. The topological polar surface area (TPSA) is 51.2 Å². The van der Waals surface area contributed by atoms with Crippen LogP contribution >= 0.6 is 23.1 Å². The molecule has 1 aromatic heterocycles. The average molecular weight is 314 g/mol. The lowest BCUT2D eigenvalue weighted by atomic mass is 10.1. The molecule has 0 saturated carbocycles. The number of thioether (sulfide) groups is 1. The Kier molecular flexibility index (Phi) is 6.82. The second kappa shape index (κ2) is 8.64. The summed E-state index contributed by atoms with van der Waals surface area (Å²) in [5.74, 6) is 1.42. The van der Waals surface area contributed by atoms with Crippen LogP contribution in [0.1, 0.15) is 38.3 Å². The summed E-state index contributed by atoms with van der Waals surface area (Å²) in [4.78, 5) is 16.0. The number of amides is 1. The maximum Gasteiger partial charge on any atom is 0.230 e. The Hall–Kier alpha value is -0.590. The van der Waals surface area contributed by atoms with Gasteiger partial charge in [0.05, 0.1) is 23.1 Å². The molecule has 2 heterocycles. The molecule has 1 aliphatic heterocycles. The summed E-state index contributed by atoms with van der Waals surface area (Å²) in [5, 5.41) is 5.07. The fourth-order valence-electron chi connectivity index (χ4n) is 2.25. The van der Waals surface area contributed by atoms with Crippen molar-refractivity contribution >= 4 is 29.0 Å². The number of nitrogens with one attached hydrogen (secondary N) is 1. The van der Waals surface area contributed by atoms with Gasteiger partial charge in [0.2, 0.25) is 5.91 Å². The van der Waals surface area contributed by atoms with Crippen molar-refractivity contribution in [3.05, 3.63) is 16.6 Å². The minimum absolute atomic E-state index is 0.116. The van der Waals surface area contributed by atoms with Gasteiger partial charge in [-0.25, -0.2) is 4.98 Å². The molecule has 0 bridgehead atoms. The van der Waals surface area contributed by atoms with Gasteiger partial charge in [-0.3, -0.25) is 4.79 Å². The summed E-state index contributed by atoms with van der Waals surface area (Å²) in [7, 11) is 0. The van der Waals surface area contributed by atoms with Crippen LogP contribution in [0.4, 0.5) is 0 Å². The molecule has 20 heavy (non-hydrogen) atoms. The van der Waals surface area contributed by atoms with Gasteiger partial charge in [-0.05, 0) is 32.6 Å². The van der Waals surface area contributed by atoms with Gasteiger partial charge in [0.25, 0.3) is 0 Å². The standard InChI is InChI=1S/C14H22N2O2S2/c1-11(4-5-13-3-2-6-18-13)16-14(17)9-19-7-12-8-20-10-15-12/h8,10-11,13H,2-7,9H2,1H3,(H,16,17)/t11-,13-/m0/s1. The first kappa shape index (κ1) is 15.8. The van der Waals surface area contributed by atoms with Crippen molar-refractivity contribution in [3.63, 3.8) is 0 Å². The van der Waals surface area contributed by atoms with Gasteiger partial charge in [0.1, 0.15) is 0 Å².